The van der Waals surface area contributed by atoms with Gasteiger partial charge in [-0.2, -0.15) is 13.2 Å². The van der Waals surface area contributed by atoms with Gasteiger partial charge in [-0.25, -0.2) is 0 Å². The summed E-state index contributed by atoms with van der Waals surface area (Å²) in [5, 5.41) is 0. The normalized spacial score (nSPS) is 16.4. The van der Waals surface area contributed by atoms with Crippen LogP contribution in [0, 0.1) is 0 Å². The molecule has 5 heteroatoms. The van der Waals surface area contributed by atoms with Gasteiger partial charge in [-0.15, -0.1) is 0 Å². The van der Waals surface area contributed by atoms with E-state index in [-0.39, 0.29) is 0 Å². The van der Waals surface area contributed by atoms with E-state index < -0.39 is 15.3 Å². The molecule has 1 rings (SSSR count). The number of rotatable bonds is 1. The minimum absolute atomic E-state index is 0.466. The second-order valence-electron chi connectivity index (χ2n) is 3.15. The van der Waals surface area contributed by atoms with E-state index in [0.717, 1.165) is 12.1 Å². The zero-order valence-corrected chi connectivity index (χ0v) is 9.56. The maximum Gasteiger partial charge on any atom is 0.416 e. The Morgan fingerprint density at radius 2 is 1.71 bits per heavy atom. The quantitative estimate of drug-likeness (QED) is 0.480. The van der Waals surface area contributed by atoms with E-state index in [4.69, 9.17) is 5.73 Å². The molecule has 0 saturated carbocycles. The molecule has 14 heavy (non-hydrogen) atoms. The van der Waals surface area contributed by atoms with E-state index in [2.05, 4.69) is 0 Å². The lowest BCUT2D eigenvalue weighted by Gasteiger charge is -2.18. The first-order chi connectivity index (χ1) is 6.21. The van der Waals surface area contributed by atoms with Gasteiger partial charge < -0.3 is 5.73 Å². The summed E-state index contributed by atoms with van der Waals surface area (Å²) < 4.78 is 36.2. The van der Waals surface area contributed by atoms with Gasteiger partial charge in [0.15, 0.2) is 0 Å². The summed E-state index contributed by atoms with van der Waals surface area (Å²) in [6.07, 6.45) is -4.31. The molecule has 0 aliphatic heterocycles. The van der Waals surface area contributed by atoms with Crippen LogP contribution in [0.15, 0.2) is 24.3 Å². The Hall–Kier alpha value is -0.300. The monoisotopic (exact) mass is 315 g/mol. The lowest BCUT2D eigenvalue weighted by Crippen LogP contribution is -2.25. The van der Waals surface area contributed by atoms with Gasteiger partial charge in [0.1, 0.15) is 0 Å². The summed E-state index contributed by atoms with van der Waals surface area (Å²) in [4.78, 5) is 0. The second-order valence-corrected chi connectivity index (χ2v) is 5.40. The van der Waals surface area contributed by atoms with Crippen molar-refractivity contribution in [2.24, 2.45) is 5.73 Å². The van der Waals surface area contributed by atoms with E-state index in [1.54, 1.807) is 13.0 Å². The average molecular weight is 315 g/mol. The summed E-state index contributed by atoms with van der Waals surface area (Å²) >= 11 is 1.90. The molecule has 0 saturated heterocycles. The second kappa shape index (κ2) is 3.69. The summed E-state index contributed by atoms with van der Waals surface area (Å²) in [5.41, 5.74) is 5.49. The highest BCUT2D eigenvalue weighted by molar-refractivity contribution is 14.1. The van der Waals surface area contributed by atoms with Crippen molar-refractivity contribution in [2.75, 3.05) is 0 Å². The van der Waals surface area contributed by atoms with Crippen molar-refractivity contribution in [3.63, 3.8) is 0 Å². The molecule has 0 aromatic heterocycles. The van der Waals surface area contributed by atoms with Gasteiger partial charge in [0.2, 0.25) is 0 Å². The van der Waals surface area contributed by atoms with Crippen LogP contribution < -0.4 is 5.73 Å². The molecule has 0 spiro atoms. The highest BCUT2D eigenvalue weighted by Crippen LogP contribution is 2.33. The largest absolute Gasteiger partial charge is 0.416 e. The number of hydrogen-bond donors (Lipinski definition) is 1. The lowest BCUT2D eigenvalue weighted by atomic mass is 10.1. The zero-order chi connectivity index (χ0) is 11.0. The van der Waals surface area contributed by atoms with Crippen LogP contribution in [-0.2, 0) is 9.72 Å². The molecule has 1 unspecified atom stereocenters. The van der Waals surface area contributed by atoms with Crippen molar-refractivity contribution in [2.45, 2.75) is 16.6 Å². The Bertz CT molecular complexity index is 298. The topological polar surface area (TPSA) is 26.0 Å². The first kappa shape index (κ1) is 11.8. The first-order valence-electron chi connectivity index (χ1n) is 3.87. The predicted octanol–water partition coefficient (Wildman–Crippen LogP) is 3.27. The van der Waals surface area contributed by atoms with Crippen LogP contribution in [0.2, 0.25) is 0 Å². The third kappa shape index (κ3) is 2.84. The summed E-state index contributed by atoms with van der Waals surface area (Å²) in [6, 6.07) is 5.06. The maximum atomic E-state index is 12.3. The fourth-order valence-corrected chi connectivity index (χ4v) is 1.34. The van der Waals surface area contributed by atoms with Crippen molar-refractivity contribution >= 4 is 22.6 Å². The van der Waals surface area contributed by atoms with Gasteiger partial charge in [-0.3, -0.25) is 0 Å². The molecule has 0 heterocycles. The molecular weight excluding hydrogens is 306 g/mol. The molecule has 78 valence electrons. The molecule has 0 fully saturated rings. The van der Waals surface area contributed by atoms with Gasteiger partial charge in [-0.1, -0.05) is 34.7 Å². The molecule has 0 aliphatic rings. The fraction of sp³-hybridized carbons (Fsp3) is 0.333. The highest BCUT2D eigenvalue weighted by Gasteiger charge is 2.31. The Morgan fingerprint density at radius 1 is 1.21 bits per heavy atom. The first-order valence-corrected chi connectivity index (χ1v) is 4.94. The molecule has 1 atom stereocenters. The van der Waals surface area contributed by atoms with E-state index >= 15 is 0 Å². The predicted molar refractivity (Wildman–Crippen MR) is 57.0 cm³/mol. The number of benzene rings is 1. The standard InChI is InChI=1S/C9H9F3IN/c1-8(13,14)6-3-2-4-7(5-6)9(10,11)12/h2-5H,14H2,1H3. The Morgan fingerprint density at radius 3 is 2.14 bits per heavy atom. The smallest absolute Gasteiger partial charge is 0.313 e. The van der Waals surface area contributed by atoms with Crippen molar-refractivity contribution in [1.29, 1.82) is 0 Å². The molecule has 1 aromatic carbocycles. The number of nitrogens with two attached hydrogens (primary N) is 1. The third-order valence-electron chi connectivity index (χ3n) is 1.75. The minimum Gasteiger partial charge on any atom is -0.313 e. The van der Waals surface area contributed by atoms with Gasteiger partial charge in [-0.05, 0) is 24.6 Å². The number of halogens is 4. The molecule has 0 aliphatic carbocycles. The average Bonchev–Trinajstić information content (AvgIpc) is 2.01. The molecule has 1 aromatic rings. The molecular formula is C9H9F3IN. The molecule has 0 bridgehead atoms. The molecule has 1 nitrogen and oxygen atoms in total. The minimum atomic E-state index is -4.31. The van der Waals surface area contributed by atoms with Gasteiger partial charge in [0.25, 0.3) is 0 Å². The number of alkyl halides is 4. The number of hydrogen-bond acceptors (Lipinski definition) is 1. The van der Waals surface area contributed by atoms with Crippen molar-refractivity contribution < 1.29 is 13.2 Å². The summed E-state index contributed by atoms with van der Waals surface area (Å²) in [6.45, 7) is 1.66. The van der Waals surface area contributed by atoms with Crippen molar-refractivity contribution in [3.8, 4) is 0 Å². The van der Waals surface area contributed by atoms with E-state index in [1.807, 2.05) is 22.6 Å². The van der Waals surface area contributed by atoms with Crippen LogP contribution >= 0.6 is 22.6 Å². The molecule has 2 N–H and O–H groups in total. The maximum absolute atomic E-state index is 12.3. The zero-order valence-electron chi connectivity index (χ0n) is 7.40. The Labute approximate surface area is 93.6 Å². The molecule has 0 amide bonds. The summed E-state index contributed by atoms with van der Waals surface area (Å²) in [7, 11) is 0. The van der Waals surface area contributed by atoms with Gasteiger partial charge in [0.05, 0.1) is 9.11 Å². The van der Waals surface area contributed by atoms with Gasteiger partial charge >= 0.3 is 6.18 Å². The van der Waals surface area contributed by atoms with Crippen LogP contribution in [0.5, 0.6) is 0 Å². The molecule has 0 radical (unpaired) electrons. The van der Waals surface area contributed by atoms with Gasteiger partial charge in [0, 0.05) is 0 Å². The van der Waals surface area contributed by atoms with Crippen molar-refractivity contribution in [1.82, 2.24) is 0 Å². The van der Waals surface area contributed by atoms with Crippen LogP contribution in [-0.4, -0.2) is 0 Å². The van der Waals surface area contributed by atoms with E-state index in [9.17, 15) is 13.2 Å². The SMILES string of the molecule is CC(N)(I)c1cccc(C(F)(F)F)c1. The van der Waals surface area contributed by atoms with E-state index in [1.165, 1.54) is 6.07 Å². The Balaban J connectivity index is 3.15. The Kier molecular flexibility index (Phi) is 3.10. The van der Waals surface area contributed by atoms with Crippen LogP contribution in [0.4, 0.5) is 13.2 Å². The lowest BCUT2D eigenvalue weighted by molar-refractivity contribution is -0.137. The van der Waals surface area contributed by atoms with Crippen LogP contribution in [0.1, 0.15) is 18.1 Å². The van der Waals surface area contributed by atoms with Crippen molar-refractivity contribution in [3.05, 3.63) is 35.4 Å². The fourth-order valence-electron chi connectivity index (χ4n) is 1.000. The summed E-state index contributed by atoms with van der Waals surface area (Å²) in [5.74, 6) is 0. The van der Waals surface area contributed by atoms with E-state index in [0.29, 0.717) is 5.56 Å². The highest BCUT2D eigenvalue weighted by atomic mass is 127. The third-order valence-corrected chi connectivity index (χ3v) is 2.38. The van der Waals surface area contributed by atoms with Crippen LogP contribution in [0.25, 0.3) is 0 Å². The van der Waals surface area contributed by atoms with Crippen LogP contribution in [0.3, 0.4) is 0 Å².